The zero-order valence-electron chi connectivity index (χ0n) is 17.1. The van der Waals surface area contributed by atoms with E-state index in [-0.39, 0.29) is 12.6 Å². The lowest BCUT2D eigenvalue weighted by atomic mass is 10.2. The van der Waals surface area contributed by atoms with Gasteiger partial charge in [-0.05, 0) is 26.2 Å². The van der Waals surface area contributed by atoms with Crippen LogP contribution >= 0.6 is 0 Å². The van der Waals surface area contributed by atoms with Crippen molar-refractivity contribution >= 4 is 23.0 Å². The molecule has 1 aliphatic heterocycles. The largest absolute Gasteiger partial charge is 0.465 e. The molecule has 2 aromatic heterocycles. The first-order chi connectivity index (χ1) is 14.6. The molecule has 3 atom stereocenters. The molecule has 3 rings (SSSR count). The maximum absolute atomic E-state index is 11.4. The normalized spacial score (nSPS) is 21.5. The molecular weight excluding hydrogens is 390 g/mol. The number of hydrogen-bond donors (Lipinski definition) is 3. The Hall–Kier alpha value is -2.56. The molecule has 3 N–H and O–H groups in total. The summed E-state index contributed by atoms with van der Waals surface area (Å²) in [4.78, 5) is 24.4. The summed E-state index contributed by atoms with van der Waals surface area (Å²) in [5, 5.41) is 22.5. The van der Waals surface area contributed by atoms with Gasteiger partial charge in [-0.2, -0.15) is 0 Å². The number of imidazole rings is 1. The van der Waals surface area contributed by atoms with Crippen LogP contribution < -0.4 is 5.32 Å². The van der Waals surface area contributed by atoms with Crippen LogP contribution in [0.25, 0.3) is 11.2 Å². The van der Waals surface area contributed by atoms with Crippen molar-refractivity contribution in [1.82, 2.24) is 19.5 Å². The minimum Gasteiger partial charge on any atom is -0.465 e. The lowest BCUT2D eigenvalue weighted by Crippen LogP contribution is -2.24. The van der Waals surface area contributed by atoms with Crippen LogP contribution in [0, 0.1) is 0 Å². The third-order valence-corrected chi connectivity index (χ3v) is 4.95. The number of hydrogen-bond acceptors (Lipinski definition) is 9. The van der Waals surface area contributed by atoms with Crippen LogP contribution in [0.4, 0.5) is 5.82 Å². The van der Waals surface area contributed by atoms with Crippen molar-refractivity contribution in [2.75, 3.05) is 25.1 Å². The molecule has 0 unspecified atom stereocenters. The van der Waals surface area contributed by atoms with Gasteiger partial charge in [0.1, 0.15) is 18.7 Å². The van der Waals surface area contributed by atoms with Crippen molar-refractivity contribution in [2.45, 2.75) is 57.5 Å². The average Bonchev–Trinajstić information content (AvgIpc) is 3.34. The number of carbonyl (C=O) groups excluding carboxylic acids is 1. The fraction of sp³-hybridized carbons (Fsp3) is 0.600. The van der Waals surface area contributed by atoms with Crippen LogP contribution in [0.2, 0.25) is 0 Å². The zero-order chi connectivity index (χ0) is 21.3. The van der Waals surface area contributed by atoms with Crippen LogP contribution in [0.5, 0.6) is 0 Å². The van der Waals surface area contributed by atoms with E-state index < -0.39 is 18.4 Å². The Morgan fingerprint density at radius 2 is 2.23 bits per heavy atom. The fourth-order valence-electron chi connectivity index (χ4n) is 3.31. The van der Waals surface area contributed by atoms with Gasteiger partial charge in [0, 0.05) is 13.0 Å². The van der Waals surface area contributed by atoms with E-state index in [1.54, 1.807) is 17.0 Å². The average molecular weight is 419 g/mol. The van der Waals surface area contributed by atoms with Gasteiger partial charge in [-0.3, -0.25) is 9.36 Å². The highest BCUT2D eigenvalue weighted by molar-refractivity contribution is 5.82. The van der Waals surface area contributed by atoms with E-state index in [9.17, 15) is 15.0 Å². The minimum absolute atomic E-state index is 0.200. The van der Waals surface area contributed by atoms with E-state index in [2.05, 4.69) is 20.3 Å². The van der Waals surface area contributed by atoms with E-state index in [1.807, 2.05) is 13.0 Å². The molecule has 10 nitrogen and oxygen atoms in total. The molecule has 0 spiro atoms. The van der Waals surface area contributed by atoms with Crippen LogP contribution in [-0.4, -0.2) is 67.7 Å². The summed E-state index contributed by atoms with van der Waals surface area (Å²) in [6, 6.07) is 0. The topological polar surface area (TPSA) is 132 Å². The second-order valence-corrected chi connectivity index (χ2v) is 7.14. The lowest BCUT2D eigenvalue weighted by molar-refractivity contribution is -0.142. The third-order valence-electron chi connectivity index (χ3n) is 4.95. The molecule has 1 fully saturated rings. The molecule has 0 radical (unpaired) electrons. The Kier molecular flexibility index (Phi) is 8.12. The number of rotatable bonds is 11. The van der Waals surface area contributed by atoms with Gasteiger partial charge in [-0.25, -0.2) is 15.0 Å². The molecule has 10 heteroatoms. The van der Waals surface area contributed by atoms with E-state index in [0.29, 0.717) is 43.0 Å². The Morgan fingerprint density at radius 3 is 3.00 bits per heavy atom. The number of anilines is 1. The summed E-state index contributed by atoms with van der Waals surface area (Å²) in [6.45, 7) is 2.77. The van der Waals surface area contributed by atoms with Gasteiger partial charge >= 0.3 is 5.97 Å². The molecule has 2 aromatic rings. The van der Waals surface area contributed by atoms with Gasteiger partial charge in [0.25, 0.3) is 0 Å². The predicted molar refractivity (Wildman–Crippen MR) is 110 cm³/mol. The van der Waals surface area contributed by atoms with Gasteiger partial charge < -0.3 is 25.0 Å². The quantitative estimate of drug-likeness (QED) is 0.282. The number of esters is 1. The van der Waals surface area contributed by atoms with Gasteiger partial charge in [0.05, 0.1) is 32.1 Å². The fourth-order valence-corrected chi connectivity index (χ4v) is 3.31. The van der Waals surface area contributed by atoms with E-state index in [4.69, 9.17) is 9.47 Å². The Bertz CT molecular complexity index is 855. The Labute approximate surface area is 174 Å². The first-order valence-electron chi connectivity index (χ1n) is 10.3. The maximum atomic E-state index is 11.4. The monoisotopic (exact) mass is 419 g/mol. The number of carbonyl (C=O) groups is 1. The molecule has 0 amide bonds. The SMILES string of the molecule is C/C=C/CC(=O)OCCCCCNc1ncnc2c1ncn2[C@H]1C[C@H](O)[C@@H](CO)O1. The molecule has 0 aromatic carbocycles. The predicted octanol–water partition coefficient (Wildman–Crippen LogP) is 1.56. The van der Waals surface area contributed by atoms with Gasteiger partial charge in [0.2, 0.25) is 0 Å². The second-order valence-electron chi connectivity index (χ2n) is 7.14. The molecule has 1 saturated heterocycles. The van der Waals surface area contributed by atoms with Gasteiger partial charge in [-0.1, -0.05) is 12.2 Å². The van der Waals surface area contributed by atoms with Crippen molar-refractivity contribution in [1.29, 1.82) is 0 Å². The number of aliphatic hydroxyl groups is 2. The van der Waals surface area contributed by atoms with Gasteiger partial charge in [-0.15, -0.1) is 0 Å². The standard InChI is InChI=1S/C20H29N5O5/c1-2-3-7-17(28)29-9-6-4-5-8-21-19-18-20(23-12-22-19)25(13-24-18)16-10-14(27)15(11-26)30-16/h2-3,12-16,26-27H,4-11H2,1H3,(H,21,22,23)/b3-2+/t14-,15+,16+/m0/s1. The van der Waals surface area contributed by atoms with Crippen molar-refractivity contribution in [2.24, 2.45) is 0 Å². The van der Waals surface area contributed by atoms with Crippen molar-refractivity contribution in [3.8, 4) is 0 Å². The summed E-state index contributed by atoms with van der Waals surface area (Å²) in [7, 11) is 0. The summed E-state index contributed by atoms with van der Waals surface area (Å²) in [5.74, 6) is 0.433. The zero-order valence-corrected chi connectivity index (χ0v) is 17.1. The molecule has 30 heavy (non-hydrogen) atoms. The molecule has 3 heterocycles. The number of nitrogens with zero attached hydrogens (tertiary/aromatic N) is 4. The summed E-state index contributed by atoms with van der Waals surface area (Å²) >= 11 is 0. The smallest absolute Gasteiger partial charge is 0.309 e. The Balaban J connectivity index is 1.46. The van der Waals surface area contributed by atoms with E-state index >= 15 is 0 Å². The molecule has 1 aliphatic rings. The van der Waals surface area contributed by atoms with Crippen molar-refractivity contribution < 1.29 is 24.5 Å². The van der Waals surface area contributed by atoms with Gasteiger partial charge in [0.15, 0.2) is 17.0 Å². The molecule has 164 valence electrons. The number of aromatic nitrogens is 4. The number of fused-ring (bicyclic) bond motifs is 1. The first-order valence-corrected chi connectivity index (χ1v) is 10.3. The minimum atomic E-state index is -0.723. The van der Waals surface area contributed by atoms with Crippen molar-refractivity contribution in [3.63, 3.8) is 0 Å². The molecule has 0 aliphatic carbocycles. The number of unbranched alkanes of at least 4 members (excludes halogenated alkanes) is 2. The summed E-state index contributed by atoms with van der Waals surface area (Å²) in [5.41, 5.74) is 1.23. The maximum Gasteiger partial charge on any atom is 0.309 e. The number of ether oxygens (including phenoxy) is 2. The third kappa shape index (κ3) is 5.53. The number of aliphatic hydroxyl groups excluding tert-OH is 2. The van der Waals surface area contributed by atoms with E-state index in [1.165, 1.54) is 6.33 Å². The lowest BCUT2D eigenvalue weighted by Gasteiger charge is -2.13. The number of nitrogens with one attached hydrogen (secondary N) is 1. The molecular formula is C20H29N5O5. The molecule has 0 saturated carbocycles. The van der Waals surface area contributed by atoms with E-state index in [0.717, 1.165) is 19.3 Å². The first kappa shape index (κ1) is 22.1. The highest BCUT2D eigenvalue weighted by atomic mass is 16.5. The highest BCUT2D eigenvalue weighted by Crippen LogP contribution is 2.31. The van der Waals surface area contributed by atoms with Crippen LogP contribution in [-0.2, 0) is 14.3 Å². The summed E-state index contributed by atoms with van der Waals surface area (Å²) in [6.07, 6.45) is 8.24. The van der Waals surface area contributed by atoms with Crippen LogP contribution in [0.3, 0.4) is 0 Å². The highest BCUT2D eigenvalue weighted by Gasteiger charge is 2.35. The molecule has 0 bridgehead atoms. The van der Waals surface area contributed by atoms with Crippen LogP contribution in [0.1, 0.15) is 45.3 Å². The number of allylic oxidation sites excluding steroid dienone is 1. The van der Waals surface area contributed by atoms with Crippen LogP contribution in [0.15, 0.2) is 24.8 Å². The Morgan fingerprint density at radius 1 is 1.37 bits per heavy atom. The second kappa shape index (κ2) is 11.0. The van der Waals surface area contributed by atoms with Crippen molar-refractivity contribution in [3.05, 3.63) is 24.8 Å². The summed E-state index contributed by atoms with van der Waals surface area (Å²) < 4.78 is 12.6.